The van der Waals surface area contributed by atoms with Crippen molar-refractivity contribution in [3.63, 3.8) is 0 Å². The summed E-state index contributed by atoms with van der Waals surface area (Å²) in [5, 5.41) is 20.2. The first-order valence-electron chi connectivity index (χ1n) is 12.6. The van der Waals surface area contributed by atoms with Crippen LogP contribution in [0.1, 0.15) is 92.4 Å². The van der Waals surface area contributed by atoms with Crippen LogP contribution in [0.25, 0.3) is 0 Å². The summed E-state index contributed by atoms with van der Waals surface area (Å²) in [7, 11) is 0. The number of fused-ring (bicyclic) bond motifs is 1. The van der Waals surface area contributed by atoms with E-state index in [-0.39, 0.29) is 0 Å². The molecule has 2 N–H and O–H groups in total. The Labute approximate surface area is 185 Å². The molecule has 0 saturated heterocycles. The van der Waals surface area contributed by atoms with Gasteiger partial charge in [0.1, 0.15) is 0 Å². The molecule has 0 aliphatic heterocycles. The van der Waals surface area contributed by atoms with Crippen LogP contribution in [0.4, 0.5) is 0 Å². The van der Waals surface area contributed by atoms with E-state index in [1.54, 1.807) is 5.57 Å². The van der Waals surface area contributed by atoms with E-state index in [9.17, 15) is 10.2 Å². The maximum atomic E-state index is 10.1. The summed E-state index contributed by atoms with van der Waals surface area (Å²) in [6.45, 7) is 16.3. The van der Waals surface area contributed by atoms with Crippen LogP contribution < -0.4 is 0 Å². The van der Waals surface area contributed by atoms with E-state index < -0.39 is 12.2 Å². The van der Waals surface area contributed by atoms with Crippen LogP contribution in [0.15, 0.2) is 35.5 Å². The Bertz CT molecular complexity index is 672. The summed E-state index contributed by atoms with van der Waals surface area (Å²) >= 11 is 0. The molecule has 0 aromatic carbocycles. The second kappa shape index (κ2) is 9.74. The lowest BCUT2D eigenvalue weighted by atomic mass is 9.60. The molecule has 30 heavy (non-hydrogen) atoms. The standard InChI is InChI=1S/C28H46O2/c1-18(2)19(3)9-10-20(4)25-13-14-26-22(8-7-15-28(25,26)6)11-12-23-16-24(29)17-27(30)21(23)5/h11-12,18-20,24-27,29-30H,5,7-10,13-17H2,1-4,6H3/t19?,20-,24-,25-,26?,27+,28?/m1/s1. The summed E-state index contributed by atoms with van der Waals surface area (Å²) in [5.74, 6) is 3.95. The predicted molar refractivity (Wildman–Crippen MR) is 127 cm³/mol. The Morgan fingerprint density at radius 2 is 1.83 bits per heavy atom. The van der Waals surface area contributed by atoms with E-state index in [0.29, 0.717) is 24.2 Å². The molecule has 0 bridgehead atoms. The lowest BCUT2D eigenvalue weighted by Crippen LogP contribution is -2.36. The smallest absolute Gasteiger partial charge is 0.0811 e. The molecule has 2 heteroatoms. The van der Waals surface area contributed by atoms with E-state index >= 15 is 0 Å². The highest BCUT2D eigenvalue weighted by Gasteiger charge is 2.50. The van der Waals surface area contributed by atoms with Gasteiger partial charge in [-0.25, -0.2) is 0 Å². The van der Waals surface area contributed by atoms with E-state index in [2.05, 4.69) is 53.3 Å². The number of hydrogen-bond acceptors (Lipinski definition) is 2. The second-order valence-electron chi connectivity index (χ2n) is 11.4. The van der Waals surface area contributed by atoms with Crippen LogP contribution in [0.2, 0.25) is 0 Å². The van der Waals surface area contributed by atoms with Gasteiger partial charge in [-0.2, -0.15) is 0 Å². The molecule has 2 nitrogen and oxygen atoms in total. The van der Waals surface area contributed by atoms with E-state index in [1.807, 2.05) is 0 Å². The Hall–Kier alpha value is -0.860. The third kappa shape index (κ3) is 4.96. The molecule has 3 fully saturated rings. The van der Waals surface area contributed by atoms with Crippen molar-refractivity contribution in [1.29, 1.82) is 0 Å². The van der Waals surface area contributed by atoms with Crippen molar-refractivity contribution in [2.45, 2.75) is 105 Å². The van der Waals surface area contributed by atoms with Crippen molar-refractivity contribution in [3.05, 3.63) is 35.5 Å². The van der Waals surface area contributed by atoms with Gasteiger partial charge >= 0.3 is 0 Å². The molecule has 0 radical (unpaired) electrons. The highest BCUT2D eigenvalue weighted by Crippen LogP contribution is 2.60. The molecule has 170 valence electrons. The Morgan fingerprint density at radius 3 is 2.53 bits per heavy atom. The second-order valence-corrected chi connectivity index (χ2v) is 11.4. The molecule has 0 spiro atoms. The normalized spacial score (nSPS) is 39.5. The van der Waals surface area contributed by atoms with Gasteiger partial charge < -0.3 is 10.2 Å². The van der Waals surface area contributed by atoms with Gasteiger partial charge in [0.25, 0.3) is 0 Å². The number of allylic oxidation sites excluding steroid dienone is 3. The minimum Gasteiger partial charge on any atom is -0.393 e. The predicted octanol–water partition coefficient (Wildman–Crippen LogP) is 6.84. The van der Waals surface area contributed by atoms with Crippen molar-refractivity contribution < 1.29 is 10.2 Å². The van der Waals surface area contributed by atoms with Gasteiger partial charge in [-0.1, -0.05) is 71.8 Å². The third-order valence-corrected chi connectivity index (χ3v) is 9.20. The van der Waals surface area contributed by atoms with Gasteiger partial charge in [-0.15, -0.1) is 0 Å². The average Bonchev–Trinajstić information content (AvgIpc) is 3.04. The Kier molecular flexibility index (Phi) is 7.72. The maximum absolute atomic E-state index is 10.1. The summed E-state index contributed by atoms with van der Waals surface area (Å²) in [4.78, 5) is 0. The van der Waals surface area contributed by atoms with Crippen LogP contribution in [0.5, 0.6) is 0 Å². The highest BCUT2D eigenvalue weighted by molar-refractivity contribution is 5.38. The summed E-state index contributed by atoms with van der Waals surface area (Å²) in [6, 6.07) is 0. The lowest BCUT2D eigenvalue weighted by molar-refractivity contribution is 0.0861. The lowest BCUT2D eigenvalue weighted by Gasteiger charge is -2.44. The number of rotatable bonds is 6. The fraction of sp³-hybridized carbons (Fsp3) is 0.786. The van der Waals surface area contributed by atoms with Gasteiger partial charge in [0.15, 0.2) is 0 Å². The molecule has 0 aromatic rings. The minimum atomic E-state index is -0.597. The van der Waals surface area contributed by atoms with Gasteiger partial charge in [-0.05, 0) is 84.7 Å². The molecule has 3 rings (SSSR count). The van der Waals surface area contributed by atoms with Crippen molar-refractivity contribution in [2.24, 2.45) is 35.0 Å². The number of hydrogen-bond donors (Lipinski definition) is 2. The van der Waals surface area contributed by atoms with Crippen LogP contribution in [-0.4, -0.2) is 22.4 Å². The number of aliphatic hydroxyl groups is 2. The molecule has 3 saturated carbocycles. The molecule has 3 aliphatic rings. The van der Waals surface area contributed by atoms with E-state index in [1.165, 1.54) is 44.9 Å². The molecule has 0 aromatic heterocycles. The zero-order chi connectivity index (χ0) is 22.1. The summed E-state index contributed by atoms with van der Waals surface area (Å²) in [5.41, 5.74) is 3.87. The van der Waals surface area contributed by atoms with E-state index in [4.69, 9.17) is 0 Å². The SMILES string of the molecule is C=C1C(=CC=C2CCCC3(C)C2CC[C@@H]3[C@H](C)CCC(C)C(C)C)C[C@@H](O)C[C@@H]1O. The zero-order valence-electron chi connectivity index (χ0n) is 20.2. The van der Waals surface area contributed by atoms with Crippen LogP contribution >= 0.6 is 0 Å². The highest BCUT2D eigenvalue weighted by atomic mass is 16.3. The quantitative estimate of drug-likeness (QED) is 0.500. The third-order valence-electron chi connectivity index (χ3n) is 9.20. The monoisotopic (exact) mass is 414 g/mol. The molecular weight excluding hydrogens is 368 g/mol. The van der Waals surface area contributed by atoms with Crippen LogP contribution in [0.3, 0.4) is 0 Å². The Morgan fingerprint density at radius 1 is 1.10 bits per heavy atom. The van der Waals surface area contributed by atoms with Gasteiger partial charge in [0, 0.05) is 6.42 Å². The van der Waals surface area contributed by atoms with Crippen molar-refractivity contribution in [2.75, 3.05) is 0 Å². The zero-order valence-corrected chi connectivity index (χ0v) is 20.2. The maximum Gasteiger partial charge on any atom is 0.0811 e. The van der Waals surface area contributed by atoms with Gasteiger partial charge in [-0.3, -0.25) is 0 Å². The summed E-state index contributed by atoms with van der Waals surface area (Å²) < 4.78 is 0. The summed E-state index contributed by atoms with van der Waals surface area (Å²) in [6.07, 6.45) is 13.8. The fourth-order valence-corrected chi connectivity index (χ4v) is 6.74. The van der Waals surface area contributed by atoms with Crippen LogP contribution in [0, 0.1) is 35.0 Å². The average molecular weight is 415 g/mol. The van der Waals surface area contributed by atoms with Crippen molar-refractivity contribution >= 4 is 0 Å². The first kappa shape index (κ1) is 23.8. The molecule has 3 unspecified atom stereocenters. The molecule has 7 atom stereocenters. The molecule has 0 amide bonds. The minimum absolute atomic E-state index is 0.419. The van der Waals surface area contributed by atoms with Crippen molar-refractivity contribution in [1.82, 2.24) is 0 Å². The first-order chi connectivity index (χ1) is 14.1. The number of aliphatic hydroxyl groups excluding tert-OH is 2. The molecule has 3 aliphatic carbocycles. The van der Waals surface area contributed by atoms with Gasteiger partial charge in [0.05, 0.1) is 12.2 Å². The fourth-order valence-electron chi connectivity index (χ4n) is 6.74. The Balaban J connectivity index is 1.72. The first-order valence-corrected chi connectivity index (χ1v) is 12.6. The van der Waals surface area contributed by atoms with Gasteiger partial charge in [0.2, 0.25) is 0 Å². The molecule has 0 heterocycles. The van der Waals surface area contributed by atoms with Crippen LogP contribution in [-0.2, 0) is 0 Å². The largest absolute Gasteiger partial charge is 0.393 e. The topological polar surface area (TPSA) is 40.5 Å². The molecular formula is C28H46O2. The van der Waals surface area contributed by atoms with E-state index in [0.717, 1.165) is 34.8 Å². The van der Waals surface area contributed by atoms with Crippen molar-refractivity contribution in [3.8, 4) is 0 Å².